The topological polar surface area (TPSA) is 130 Å². The Kier molecular flexibility index (Phi) is 11.2. The number of aromatic nitrogens is 1. The summed E-state index contributed by atoms with van der Waals surface area (Å²) in [6.45, 7) is 18.3. The molecular weight excluding hydrogens is 546 g/mol. The maximum Gasteiger partial charge on any atom is 0.312 e. The van der Waals surface area contributed by atoms with Gasteiger partial charge in [0.1, 0.15) is 12.1 Å². The van der Waals surface area contributed by atoms with Crippen molar-refractivity contribution in [3.63, 3.8) is 0 Å². The molecule has 2 heterocycles. The van der Waals surface area contributed by atoms with Gasteiger partial charge in [-0.15, -0.1) is 6.58 Å². The standard InChI is InChI=1S/C33H45N5O5/c1-9-15-33(7,8)32(42)43-28(20(3)4)30(40)36-22(6)31(41)38-16-11-12-27(37-38)29(39)35-21(5)23-13-14-24-19-34-26(10-2)18-25(24)17-23/h9-10,13-14,17-22,27-28,37H,1-2,11-12,15-16H2,3-8H3,(H,35,39)(H,36,40). The van der Waals surface area contributed by atoms with Gasteiger partial charge in [0.05, 0.1) is 17.2 Å². The van der Waals surface area contributed by atoms with Crippen molar-refractivity contribution < 1.29 is 23.9 Å². The quantitative estimate of drug-likeness (QED) is 0.249. The predicted molar refractivity (Wildman–Crippen MR) is 167 cm³/mol. The van der Waals surface area contributed by atoms with E-state index in [0.717, 1.165) is 22.0 Å². The number of amides is 3. The van der Waals surface area contributed by atoms with Crippen LogP contribution in [0.25, 0.3) is 16.8 Å². The molecule has 0 aliphatic carbocycles. The molecular formula is C33H45N5O5. The van der Waals surface area contributed by atoms with Gasteiger partial charge < -0.3 is 15.4 Å². The van der Waals surface area contributed by atoms with Gasteiger partial charge in [-0.1, -0.05) is 38.6 Å². The molecule has 1 saturated heterocycles. The van der Waals surface area contributed by atoms with Gasteiger partial charge in [-0.25, -0.2) is 5.43 Å². The van der Waals surface area contributed by atoms with Gasteiger partial charge in [-0.2, -0.15) is 0 Å². The number of carbonyl (C=O) groups is 4. The van der Waals surface area contributed by atoms with Gasteiger partial charge in [0.2, 0.25) is 5.91 Å². The molecule has 232 valence electrons. The molecule has 2 aromatic rings. The molecule has 4 atom stereocenters. The van der Waals surface area contributed by atoms with Crippen LogP contribution in [-0.4, -0.2) is 58.4 Å². The summed E-state index contributed by atoms with van der Waals surface area (Å²) >= 11 is 0. The Labute approximate surface area is 254 Å². The Bertz CT molecular complexity index is 1370. The largest absolute Gasteiger partial charge is 0.452 e. The van der Waals surface area contributed by atoms with E-state index in [9.17, 15) is 19.2 Å². The van der Waals surface area contributed by atoms with Crippen LogP contribution >= 0.6 is 0 Å². The van der Waals surface area contributed by atoms with E-state index < -0.39 is 35.5 Å². The Balaban J connectivity index is 1.60. The molecule has 1 aliphatic heterocycles. The third kappa shape index (κ3) is 8.50. The van der Waals surface area contributed by atoms with Gasteiger partial charge in [-0.05, 0) is 82.0 Å². The predicted octanol–water partition coefficient (Wildman–Crippen LogP) is 4.23. The molecule has 0 saturated carbocycles. The van der Waals surface area contributed by atoms with Gasteiger partial charge >= 0.3 is 5.97 Å². The number of nitrogens with one attached hydrogen (secondary N) is 3. The third-order valence-electron chi connectivity index (χ3n) is 7.64. The van der Waals surface area contributed by atoms with E-state index in [-0.39, 0.29) is 23.8 Å². The van der Waals surface area contributed by atoms with Crippen LogP contribution in [0, 0.1) is 11.3 Å². The highest BCUT2D eigenvalue weighted by Gasteiger charge is 2.36. The third-order valence-corrected chi connectivity index (χ3v) is 7.64. The van der Waals surface area contributed by atoms with Crippen LogP contribution in [0.15, 0.2) is 49.7 Å². The highest BCUT2D eigenvalue weighted by atomic mass is 16.5. The summed E-state index contributed by atoms with van der Waals surface area (Å²) in [6, 6.07) is 6.10. The molecule has 3 N–H and O–H groups in total. The molecule has 1 aromatic heterocycles. The van der Waals surface area contributed by atoms with Crippen molar-refractivity contribution in [2.24, 2.45) is 11.3 Å². The molecule has 10 nitrogen and oxygen atoms in total. The number of nitrogens with zero attached hydrogens (tertiary/aromatic N) is 2. The van der Waals surface area contributed by atoms with Crippen molar-refractivity contribution in [3.8, 4) is 0 Å². The van der Waals surface area contributed by atoms with E-state index in [2.05, 4.69) is 34.2 Å². The molecule has 0 radical (unpaired) electrons. The number of hydrogen-bond donors (Lipinski definition) is 3. The molecule has 43 heavy (non-hydrogen) atoms. The highest BCUT2D eigenvalue weighted by molar-refractivity contribution is 5.91. The molecule has 0 bridgehead atoms. The van der Waals surface area contributed by atoms with Crippen LogP contribution in [0.4, 0.5) is 0 Å². The fourth-order valence-electron chi connectivity index (χ4n) is 4.89. The maximum atomic E-state index is 13.3. The van der Waals surface area contributed by atoms with Gasteiger partial charge in [0.25, 0.3) is 11.8 Å². The SMILES string of the molecule is C=CCC(C)(C)C(=O)OC(C(=O)NC(C)C(=O)N1CCCC(C(=O)NC(C)c2ccc3cnc(C=C)cc3c2)N1)C(C)C. The Morgan fingerprint density at radius 1 is 1.12 bits per heavy atom. The summed E-state index contributed by atoms with van der Waals surface area (Å²) in [5.41, 5.74) is 3.92. The monoisotopic (exact) mass is 591 g/mol. The number of hydrazine groups is 1. The number of rotatable bonds is 12. The smallest absolute Gasteiger partial charge is 0.312 e. The zero-order valence-electron chi connectivity index (χ0n) is 26.1. The lowest BCUT2D eigenvalue weighted by atomic mass is 9.89. The van der Waals surface area contributed by atoms with Gasteiger partial charge in [0.15, 0.2) is 6.10 Å². The lowest BCUT2D eigenvalue weighted by molar-refractivity contribution is -0.167. The van der Waals surface area contributed by atoms with E-state index in [1.54, 1.807) is 53.0 Å². The summed E-state index contributed by atoms with van der Waals surface area (Å²) in [6.07, 6.45) is 5.63. The number of pyridine rings is 1. The molecule has 3 amide bonds. The molecule has 4 unspecified atom stereocenters. The van der Waals surface area contributed by atoms with Crippen molar-refractivity contribution in [2.45, 2.75) is 85.0 Å². The average molecular weight is 592 g/mol. The second kappa shape index (κ2) is 14.4. The van der Waals surface area contributed by atoms with E-state index in [4.69, 9.17) is 4.74 Å². The van der Waals surface area contributed by atoms with Crippen molar-refractivity contribution in [3.05, 3.63) is 61.0 Å². The molecule has 0 spiro atoms. The van der Waals surface area contributed by atoms with E-state index >= 15 is 0 Å². The van der Waals surface area contributed by atoms with Crippen LogP contribution in [0.1, 0.15) is 78.1 Å². The van der Waals surface area contributed by atoms with E-state index in [1.165, 1.54) is 5.01 Å². The second-order valence-corrected chi connectivity index (χ2v) is 12.1. The lowest BCUT2D eigenvalue weighted by Gasteiger charge is -2.35. The van der Waals surface area contributed by atoms with Gasteiger partial charge in [-0.3, -0.25) is 29.2 Å². The lowest BCUT2D eigenvalue weighted by Crippen LogP contribution is -2.61. The summed E-state index contributed by atoms with van der Waals surface area (Å²) in [7, 11) is 0. The first-order chi connectivity index (χ1) is 20.3. The average Bonchev–Trinajstić information content (AvgIpc) is 2.98. The minimum atomic E-state index is -1.06. The van der Waals surface area contributed by atoms with Crippen molar-refractivity contribution >= 4 is 40.5 Å². The maximum absolute atomic E-state index is 13.3. The summed E-state index contributed by atoms with van der Waals surface area (Å²) < 4.78 is 5.57. The first-order valence-electron chi connectivity index (χ1n) is 14.8. The second-order valence-electron chi connectivity index (χ2n) is 12.1. The molecule has 1 fully saturated rings. The zero-order chi connectivity index (χ0) is 31.9. The first kappa shape index (κ1) is 33.5. The number of esters is 1. The Morgan fingerprint density at radius 3 is 2.49 bits per heavy atom. The van der Waals surface area contributed by atoms with Crippen LogP contribution in [0.2, 0.25) is 0 Å². The fraction of sp³-hybridized carbons (Fsp3) is 0.485. The van der Waals surface area contributed by atoms with E-state index in [0.29, 0.717) is 25.8 Å². The minimum Gasteiger partial charge on any atom is -0.452 e. The first-order valence-corrected chi connectivity index (χ1v) is 14.8. The number of allylic oxidation sites excluding steroid dienone is 1. The summed E-state index contributed by atoms with van der Waals surface area (Å²) in [5, 5.41) is 9.11. The normalized spacial score (nSPS) is 17.5. The molecule has 10 heteroatoms. The number of carbonyl (C=O) groups excluding carboxylic acids is 4. The van der Waals surface area contributed by atoms with Crippen LogP contribution in [-0.2, 0) is 23.9 Å². The van der Waals surface area contributed by atoms with E-state index in [1.807, 2.05) is 31.2 Å². The van der Waals surface area contributed by atoms with Crippen LogP contribution < -0.4 is 16.1 Å². The Hall–Kier alpha value is -4.05. The minimum absolute atomic E-state index is 0.225. The molecule has 1 aliphatic rings. The molecule has 1 aromatic carbocycles. The highest BCUT2D eigenvalue weighted by Crippen LogP contribution is 2.25. The van der Waals surface area contributed by atoms with Crippen molar-refractivity contribution in [1.29, 1.82) is 0 Å². The fourth-order valence-corrected chi connectivity index (χ4v) is 4.89. The van der Waals surface area contributed by atoms with Crippen molar-refractivity contribution in [2.75, 3.05) is 6.54 Å². The van der Waals surface area contributed by atoms with Gasteiger partial charge in [0, 0.05) is 18.1 Å². The molecule has 3 rings (SSSR count). The number of ether oxygens (including phenoxy) is 1. The van der Waals surface area contributed by atoms with Crippen molar-refractivity contribution in [1.82, 2.24) is 26.1 Å². The zero-order valence-corrected chi connectivity index (χ0v) is 26.1. The Morgan fingerprint density at radius 2 is 1.84 bits per heavy atom. The number of fused-ring (bicyclic) bond motifs is 1. The van der Waals surface area contributed by atoms with Crippen LogP contribution in [0.3, 0.4) is 0 Å². The van der Waals surface area contributed by atoms with Crippen LogP contribution in [0.5, 0.6) is 0 Å². The summed E-state index contributed by atoms with van der Waals surface area (Å²) in [4.78, 5) is 56.6. The number of benzene rings is 1. The summed E-state index contributed by atoms with van der Waals surface area (Å²) in [5.74, 6) is -1.98. The number of hydrogen-bond acceptors (Lipinski definition) is 7.